The Morgan fingerprint density at radius 2 is 1.84 bits per heavy atom. The van der Waals surface area contributed by atoms with Gasteiger partial charge in [-0.25, -0.2) is 13.2 Å². The van der Waals surface area contributed by atoms with Crippen LogP contribution in [0.4, 0.5) is 18.9 Å². The van der Waals surface area contributed by atoms with E-state index < -0.39 is 17.5 Å². The Bertz CT molecular complexity index is 648. The van der Waals surface area contributed by atoms with Crippen molar-refractivity contribution >= 4 is 5.69 Å². The first-order valence-corrected chi connectivity index (χ1v) is 5.48. The average molecular weight is 262 g/mol. The molecule has 96 valence electrons. The third-order valence-corrected chi connectivity index (χ3v) is 2.60. The number of benzene rings is 2. The lowest BCUT2D eigenvalue weighted by Crippen LogP contribution is -2.03. The van der Waals surface area contributed by atoms with Crippen LogP contribution in [0.3, 0.4) is 0 Å². The van der Waals surface area contributed by atoms with Crippen molar-refractivity contribution in [2.45, 2.75) is 6.54 Å². The van der Waals surface area contributed by atoms with Crippen LogP contribution in [-0.4, -0.2) is 0 Å². The molecular formula is C14H9F3N2. The highest BCUT2D eigenvalue weighted by Crippen LogP contribution is 2.16. The molecule has 0 saturated carbocycles. The first-order valence-electron chi connectivity index (χ1n) is 5.48. The summed E-state index contributed by atoms with van der Waals surface area (Å²) < 4.78 is 39.4. The normalized spacial score (nSPS) is 10.0. The Labute approximate surface area is 108 Å². The van der Waals surface area contributed by atoms with Gasteiger partial charge in [-0.05, 0) is 18.2 Å². The molecule has 19 heavy (non-hydrogen) atoms. The monoisotopic (exact) mass is 262 g/mol. The number of hydrogen-bond acceptors (Lipinski definition) is 2. The molecule has 0 amide bonds. The zero-order valence-electron chi connectivity index (χ0n) is 9.75. The van der Waals surface area contributed by atoms with E-state index in [0.717, 1.165) is 12.1 Å². The second kappa shape index (κ2) is 5.44. The molecule has 2 aromatic rings. The van der Waals surface area contributed by atoms with Gasteiger partial charge < -0.3 is 5.32 Å². The van der Waals surface area contributed by atoms with E-state index in [2.05, 4.69) is 5.32 Å². The van der Waals surface area contributed by atoms with Gasteiger partial charge in [-0.1, -0.05) is 12.1 Å². The molecular weight excluding hydrogens is 253 g/mol. The van der Waals surface area contributed by atoms with Crippen molar-refractivity contribution in [1.29, 1.82) is 5.26 Å². The van der Waals surface area contributed by atoms with E-state index in [0.29, 0.717) is 5.69 Å². The molecule has 0 unspecified atom stereocenters. The van der Waals surface area contributed by atoms with Crippen molar-refractivity contribution in [3.8, 4) is 6.07 Å². The van der Waals surface area contributed by atoms with Crippen molar-refractivity contribution in [3.05, 3.63) is 65.0 Å². The maximum absolute atomic E-state index is 13.7. The van der Waals surface area contributed by atoms with Crippen LogP contribution in [0.15, 0.2) is 36.4 Å². The first-order chi connectivity index (χ1) is 9.11. The molecule has 5 heteroatoms. The molecule has 2 aromatic carbocycles. The molecule has 0 aliphatic heterocycles. The molecule has 0 fully saturated rings. The second-order valence-corrected chi connectivity index (χ2v) is 3.87. The molecule has 0 atom stereocenters. The molecule has 0 saturated heterocycles. The average Bonchev–Trinajstić information content (AvgIpc) is 2.41. The number of nitrogens with one attached hydrogen (secondary N) is 1. The van der Waals surface area contributed by atoms with Gasteiger partial charge in [-0.15, -0.1) is 0 Å². The number of anilines is 1. The quantitative estimate of drug-likeness (QED) is 0.917. The van der Waals surface area contributed by atoms with Crippen molar-refractivity contribution in [2.24, 2.45) is 0 Å². The third kappa shape index (κ3) is 2.86. The highest BCUT2D eigenvalue weighted by atomic mass is 19.2. The van der Waals surface area contributed by atoms with E-state index in [1.165, 1.54) is 18.2 Å². The van der Waals surface area contributed by atoms with Crippen LogP contribution in [0.2, 0.25) is 0 Å². The van der Waals surface area contributed by atoms with Gasteiger partial charge in [0, 0.05) is 23.9 Å². The Kier molecular flexibility index (Phi) is 3.71. The highest BCUT2D eigenvalue weighted by Gasteiger charge is 2.08. The minimum absolute atomic E-state index is 0.0513. The molecule has 0 bridgehead atoms. The van der Waals surface area contributed by atoms with Crippen LogP contribution in [0.5, 0.6) is 0 Å². The summed E-state index contributed by atoms with van der Waals surface area (Å²) in [6, 6.07) is 9.51. The first kappa shape index (κ1) is 13.0. The van der Waals surface area contributed by atoms with Gasteiger partial charge >= 0.3 is 0 Å². The highest BCUT2D eigenvalue weighted by molar-refractivity contribution is 5.45. The van der Waals surface area contributed by atoms with Gasteiger partial charge in [0.2, 0.25) is 0 Å². The maximum Gasteiger partial charge on any atom is 0.160 e. The van der Waals surface area contributed by atoms with Crippen LogP contribution in [0, 0.1) is 28.8 Å². The van der Waals surface area contributed by atoms with Gasteiger partial charge in [-0.3, -0.25) is 0 Å². The molecule has 0 aromatic heterocycles. The van der Waals surface area contributed by atoms with Crippen molar-refractivity contribution in [3.63, 3.8) is 0 Å². The topological polar surface area (TPSA) is 35.8 Å². The molecule has 0 aliphatic rings. The second-order valence-electron chi connectivity index (χ2n) is 3.87. The van der Waals surface area contributed by atoms with Crippen LogP contribution < -0.4 is 5.32 Å². The molecule has 2 nitrogen and oxygen atoms in total. The molecule has 1 N–H and O–H groups in total. The molecule has 2 rings (SSSR count). The van der Waals surface area contributed by atoms with Crippen molar-refractivity contribution in [2.75, 3.05) is 5.32 Å². The lowest BCUT2D eigenvalue weighted by molar-refractivity contribution is 0.509. The van der Waals surface area contributed by atoms with Crippen LogP contribution >= 0.6 is 0 Å². The summed E-state index contributed by atoms with van der Waals surface area (Å²) in [5, 5.41) is 11.5. The zero-order chi connectivity index (χ0) is 13.8. The van der Waals surface area contributed by atoms with Gasteiger partial charge in [0.15, 0.2) is 11.6 Å². The van der Waals surface area contributed by atoms with E-state index in [-0.39, 0.29) is 17.7 Å². The summed E-state index contributed by atoms with van der Waals surface area (Å²) >= 11 is 0. The molecule has 0 spiro atoms. The van der Waals surface area contributed by atoms with E-state index in [1.807, 2.05) is 0 Å². The van der Waals surface area contributed by atoms with Gasteiger partial charge in [0.25, 0.3) is 0 Å². The Hall–Kier alpha value is -2.48. The third-order valence-electron chi connectivity index (χ3n) is 2.60. The predicted molar refractivity (Wildman–Crippen MR) is 64.8 cm³/mol. The van der Waals surface area contributed by atoms with E-state index >= 15 is 0 Å². The minimum atomic E-state index is -0.976. The maximum atomic E-state index is 13.7. The fourth-order valence-electron chi connectivity index (χ4n) is 1.61. The fourth-order valence-corrected chi connectivity index (χ4v) is 1.61. The number of nitrogens with zero attached hydrogens (tertiary/aromatic N) is 1. The summed E-state index contributed by atoms with van der Waals surface area (Å²) in [6.07, 6.45) is 0. The van der Waals surface area contributed by atoms with Crippen LogP contribution in [0.25, 0.3) is 0 Å². The fraction of sp³-hybridized carbons (Fsp3) is 0.0714. The zero-order valence-corrected chi connectivity index (χ0v) is 9.75. The Balaban J connectivity index is 2.15. The van der Waals surface area contributed by atoms with Gasteiger partial charge in [-0.2, -0.15) is 5.26 Å². The van der Waals surface area contributed by atoms with Gasteiger partial charge in [0.05, 0.1) is 5.56 Å². The van der Waals surface area contributed by atoms with E-state index in [4.69, 9.17) is 5.26 Å². The summed E-state index contributed by atoms with van der Waals surface area (Å²) in [5.74, 6) is -2.53. The number of halogens is 3. The lowest BCUT2D eigenvalue weighted by Gasteiger charge is -2.08. The standard InChI is InChI=1S/C14H9F3N2/c15-12-5-4-11(6-13(12)16)19-8-10-3-1-2-9(7-18)14(10)17/h1-6,19H,8H2. The number of hydrogen-bond donors (Lipinski definition) is 1. The molecule has 0 heterocycles. The predicted octanol–water partition coefficient (Wildman–Crippen LogP) is 3.59. The number of nitriles is 1. The summed E-state index contributed by atoms with van der Waals surface area (Å²) in [4.78, 5) is 0. The summed E-state index contributed by atoms with van der Waals surface area (Å²) in [7, 11) is 0. The Morgan fingerprint density at radius 3 is 2.53 bits per heavy atom. The SMILES string of the molecule is N#Cc1cccc(CNc2ccc(F)c(F)c2)c1F. The van der Waals surface area contributed by atoms with Gasteiger partial charge in [0.1, 0.15) is 11.9 Å². The lowest BCUT2D eigenvalue weighted by atomic mass is 10.1. The largest absolute Gasteiger partial charge is 0.381 e. The molecule has 0 radical (unpaired) electrons. The minimum Gasteiger partial charge on any atom is -0.381 e. The smallest absolute Gasteiger partial charge is 0.160 e. The van der Waals surface area contributed by atoms with E-state index in [9.17, 15) is 13.2 Å². The molecule has 0 aliphatic carbocycles. The summed E-state index contributed by atoms with van der Waals surface area (Å²) in [5.41, 5.74) is 0.564. The van der Waals surface area contributed by atoms with E-state index in [1.54, 1.807) is 12.1 Å². The van der Waals surface area contributed by atoms with Crippen LogP contribution in [-0.2, 0) is 6.54 Å². The Morgan fingerprint density at radius 1 is 1.05 bits per heavy atom. The summed E-state index contributed by atoms with van der Waals surface area (Å²) in [6.45, 7) is 0.0758. The number of rotatable bonds is 3. The van der Waals surface area contributed by atoms with Crippen molar-refractivity contribution < 1.29 is 13.2 Å². The van der Waals surface area contributed by atoms with Crippen molar-refractivity contribution in [1.82, 2.24) is 0 Å². The van der Waals surface area contributed by atoms with Crippen LogP contribution in [0.1, 0.15) is 11.1 Å².